The van der Waals surface area contributed by atoms with Crippen LogP contribution in [0.3, 0.4) is 0 Å². The predicted molar refractivity (Wildman–Crippen MR) is 93.2 cm³/mol. The Labute approximate surface area is 145 Å². The van der Waals surface area contributed by atoms with Gasteiger partial charge in [0.05, 0.1) is 18.8 Å². The molecule has 0 unspecified atom stereocenters. The van der Waals surface area contributed by atoms with Crippen molar-refractivity contribution in [1.82, 2.24) is 9.88 Å². The normalized spacial score (nSPS) is 16.7. The number of pyridine rings is 1. The van der Waals surface area contributed by atoms with E-state index in [4.69, 9.17) is 9.15 Å². The second-order valence-electron chi connectivity index (χ2n) is 6.13. The molecule has 3 aromatic rings. The Kier molecular flexibility index (Phi) is 3.98. The summed E-state index contributed by atoms with van der Waals surface area (Å²) in [6, 6.07) is 13.3. The summed E-state index contributed by atoms with van der Waals surface area (Å²) in [4.78, 5) is 18.7. The van der Waals surface area contributed by atoms with Crippen LogP contribution in [0.4, 0.5) is 0 Å². The van der Waals surface area contributed by atoms with E-state index in [9.17, 15) is 4.79 Å². The molecule has 0 saturated carbocycles. The van der Waals surface area contributed by atoms with Gasteiger partial charge < -0.3 is 14.1 Å². The van der Waals surface area contributed by atoms with Crippen molar-refractivity contribution in [3.63, 3.8) is 0 Å². The van der Waals surface area contributed by atoms with E-state index < -0.39 is 0 Å². The Morgan fingerprint density at radius 3 is 2.88 bits per heavy atom. The van der Waals surface area contributed by atoms with Crippen LogP contribution < -0.4 is 4.74 Å². The maximum absolute atomic E-state index is 12.8. The molecule has 5 nitrogen and oxygen atoms in total. The number of ether oxygens (including phenoxy) is 1. The van der Waals surface area contributed by atoms with Crippen molar-refractivity contribution >= 4 is 5.91 Å². The minimum atomic E-state index is -0.124. The molecule has 1 aliphatic heterocycles. The molecule has 126 valence electrons. The zero-order valence-corrected chi connectivity index (χ0v) is 13.9. The van der Waals surface area contributed by atoms with Crippen molar-refractivity contribution < 1.29 is 13.9 Å². The molecule has 1 amide bonds. The highest BCUT2D eigenvalue weighted by Gasteiger charge is 2.28. The van der Waals surface area contributed by atoms with Gasteiger partial charge in [-0.1, -0.05) is 12.1 Å². The largest absolute Gasteiger partial charge is 0.491 e. The summed E-state index contributed by atoms with van der Waals surface area (Å²) >= 11 is 0. The van der Waals surface area contributed by atoms with E-state index >= 15 is 0 Å². The maximum atomic E-state index is 12.8. The summed E-state index contributed by atoms with van der Waals surface area (Å²) in [7, 11) is 0. The zero-order valence-electron chi connectivity index (χ0n) is 13.9. The topological polar surface area (TPSA) is 55.6 Å². The third-order valence-electron chi connectivity index (χ3n) is 4.40. The molecular formula is C20H18N2O3. The predicted octanol–water partition coefficient (Wildman–Crippen LogP) is 3.76. The smallest absolute Gasteiger partial charge is 0.290 e. The average molecular weight is 334 g/mol. The Bertz CT molecular complexity index is 875. The Morgan fingerprint density at radius 2 is 2.12 bits per heavy atom. The first kappa shape index (κ1) is 15.4. The van der Waals surface area contributed by atoms with E-state index in [2.05, 4.69) is 11.1 Å². The second kappa shape index (κ2) is 6.43. The molecule has 3 heterocycles. The third-order valence-corrected chi connectivity index (χ3v) is 4.40. The van der Waals surface area contributed by atoms with E-state index in [1.54, 1.807) is 23.2 Å². The van der Waals surface area contributed by atoms with Crippen LogP contribution in [0.25, 0.3) is 11.1 Å². The maximum Gasteiger partial charge on any atom is 0.290 e. The Morgan fingerprint density at radius 1 is 1.20 bits per heavy atom. The van der Waals surface area contributed by atoms with Crippen molar-refractivity contribution in [2.75, 3.05) is 6.61 Å². The number of benzene rings is 1. The fraction of sp³-hybridized carbons (Fsp3) is 0.200. The average Bonchev–Trinajstić information content (AvgIpc) is 3.14. The van der Waals surface area contributed by atoms with Crippen LogP contribution in [-0.4, -0.2) is 28.4 Å². The summed E-state index contributed by atoms with van der Waals surface area (Å²) in [5.74, 6) is 1.04. The van der Waals surface area contributed by atoms with Gasteiger partial charge in [0.1, 0.15) is 12.4 Å². The lowest BCUT2D eigenvalue weighted by Crippen LogP contribution is -2.39. The van der Waals surface area contributed by atoms with Gasteiger partial charge in [-0.2, -0.15) is 0 Å². The first-order valence-electron chi connectivity index (χ1n) is 8.23. The third kappa shape index (κ3) is 3.01. The van der Waals surface area contributed by atoms with Gasteiger partial charge in [0.2, 0.25) is 0 Å². The molecule has 0 spiro atoms. The molecule has 0 saturated heterocycles. The van der Waals surface area contributed by atoms with Crippen molar-refractivity contribution in [2.45, 2.75) is 19.5 Å². The summed E-state index contributed by atoms with van der Waals surface area (Å²) < 4.78 is 11.2. The van der Waals surface area contributed by atoms with Gasteiger partial charge >= 0.3 is 0 Å². The number of aromatic nitrogens is 1. The summed E-state index contributed by atoms with van der Waals surface area (Å²) in [6.45, 7) is 2.91. The van der Waals surface area contributed by atoms with Gasteiger partial charge in [0, 0.05) is 23.5 Å². The van der Waals surface area contributed by atoms with E-state index in [1.807, 2.05) is 37.4 Å². The molecule has 1 atom stereocenters. The monoisotopic (exact) mass is 334 g/mol. The fourth-order valence-corrected chi connectivity index (χ4v) is 3.01. The number of furan rings is 1. The zero-order chi connectivity index (χ0) is 17.2. The lowest BCUT2D eigenvalue weighted by molar-refractivity contribution is 0.0613. The highest BCUT2D eigenvalue weighted by Crippen LogP contribution is 2.30. The highest BCUT2D eigenvalue weighted by molar-refractivity contribution is 5.91. The molecule has 0 fully saturated rings. The fourth-order valence-electron chi connectivity index (χ4n) is 3.01. The van der Waals surface area contributed by atoms with E-state index in [0.29, 0.717) is 18.9 Å². The summed E-state index contributed by atoms with van der Waals surface area (Å²) in [5, 5.41) is 0. The van der Waals surface area contributed by atoms with Crippen LogP contribution in [0, 0.1) is 0 Å². The van der Waals surface area contributed by atoms with Crippen molar-refractivity contribution in [2.24, 2.45) is 0 Å². The van der Waals surface area contributed by atoms with Crippen molar-refractivity contribution in [1.29, 1.82) is 0 Å². The van der Waals surface area contributed by atoms with Gasteiger partial charge in [-0.3, -0.25) is 9.78 Å². The first-order valence-corrected chi connectivity index (χ1v) is 8.23. The standard InChI is InChI=1S/C20H18N2O3/c1-14-13-25-18-7-6-15(16-4-2-8-21-11-16)10-17(18)12-22(14)20(23)19-5-3-9-24-19/h2-11,14H,12-13H2,1H3/t14-/m0/s1. The minimum absolute atomic E-state index is 0.0492. The Hall–Kier alpha value is -3.08. The number of amides is 1. The van der Waals surface area contributed by atoms with Gasteiger partial charge in [-0.15, -0.1) is 0 Å². The van der Waals surface area contributed by atoms with Gasteiger partial charge in [0.25, 0.3) is 5.91 Å². The molecule has 0 N–H and O–H groups in total. The van der Waals surface area contributed by atoms with E-state index in [-0.39, 0.29) is 11.9 Å². The molecule has 4 rings (SSSR count). The van der Waals surface area contributed by atoms with Crippen LogP contribution in [0.5, 0.6) is 5.75 Å². The molecule has 1 aliphatic rings. The number of nitrogens with zero attached hydrogens (tertiary/aromatic N) is 2. The molecule has 1 aromatic carbocycles. The van der Waals surface area contributed by atoms with E-state index in [1.165, 1.54) is 6.26 Å². The lowest BCUT2D eigenvalue weighted by atomic mass is 10.0. The number of hydrogen-bond donors (Lipinski definition) is 0. The first-order chi connectivity index (χ1) is 12.2. The number of fused-ring (bicyclic) bond motifs is 1. The van der Waals surface area contributed by atoms with Crippen LogP contribution in [-0.2, 0) is 6.54 Å². The highest BCUT2D eigenvalue weighted by atomic mass is 16.5. The van der Waals surface area contributed by atoms with Gasteiger partial charge in [-0.05, 0) is 42.8 Å². The van der Waals surface area contributed by atoms with Crippen LogP contribution in [0.1, 0.15) is 23.0 Å². The van der Waals surface area contributed by atoms with Crippen molar-refractivity contribution in [3.05, 3.63) is 72.4 Å². The van der Waals surface area contributed by atoms with Gasteiger partial charge in [0.15, 0.2) is 5.76 Å². The Balaban J connectivity index is 1.68. The molecule has 5 heteroatoms. The van der Waals surface area contributed by atoms with Crippen LogP contribution >= 0.6 is 0 Å². The number of rotatable bonds is 2. The number of carbonyl (C=O) groups is 1. The summed E-state index contributed by atoms with van der Waals surface area (Å²) in [6.07, 6.45) is 5.09. The molecule has 0 aliphatic carbocycles. The molecule has 25 heavy (non-hydrogen) atoms. The number of carbonyl (C=O) groups excluding carboxylic acids is 1. The molecule has 0 bridgehead atoms. The molecular weight excluding hydrogens is 316 g/mol. The lowest BCUT2D eigenvalue weighted by Gasteiger charge is -2.25. The van der Waals surface area contributed by atoms with Gasteiger partial charge in [-0.25, -0.2) is 0 Å². The second-order valence-corrected chi connectivity index (χ2v) is 6.13. The quantitative estimate of drug-likeness (QED) is 0.716. The molecule has 2 aromatic heterocycles. The summed E-state index contributed by atoms with van der Waals surface area (Å²) in [5.41, 5.74) is 3.06. The van der Waals surface area contributed by atoms with Crippen molar-refractivity contribution in [3.8, 4) is 16.9 Å². The van der Waals surface area contributed by atoms with Crippen LogP contribution in [0.2, 0.25) is 0 Å². The number of hydrogen-bond acceptors (Lipinski definition) is 4. The molecule has 0 radical (unpaired) electrons. The van der Waals surface area contributed by atoms with Crippen LogP contribution in [0.15, 0.2) is 65.5 Å². The van der Waals surface area contributed by atoms with E-state index in [0.717, 1.165) is 22.4 Å². The SMILES string of the molecule is C[C@H]1COc2ccc(-c3cccnc3)cc2CN1C(=O)c1ccco1. The minimum Gasteiger partial charge on any atom is -0.491 e.